The van der Waals surface area contributed by atoms with Gasteiger partial charge in [0.15, 0.2) is 6.23 Å². The highest BCUT2D eigenvalue weighted by molar-refractivity contribution is 6.03. The van der Waals surface area contributed by atoms with Crippen LogP contribution < -0.4 is 11.0 Å². The molecule has 3 N–H and O–H groups in total. The Hall–Kier alpha value is -2.67. The third kappa shape index (κ3) is 5.57. The van der Waals surface area contributed by atoms with Gasteiger partial charge in [0.1, 0.15) is 24.1 Å². The molecule has 0 bridgehead atoms. The smallest absolute Gasteiger partial charge is 0.351 e. The van der Waals surface area contributed by atoms with Crippen LogP contribution in [-0.4, -0.2) is 83.0 Å². The maximum Gasteiger partial charge on any atom is 0.351 e. The van der Waals surface area contributed by atoms with Crippen LogP contribution in [-0.2, 0) is 14.3 Å². The molecule has 1 amide bonds. The summed E-state index contributed by atoms with van der Waals surface area (Å²) in [6, 6.07) is 8.56. The predicted octanol–water partition coefficient (Wildman–Crippen LogP) is -0.0670. The number of hydroxylamine groups is 2. The number of benzene rings is 1. The third-order valence-electron chi connectivity index (χ3n) is 4.91. The summed E-state index contributed by atoms with van der Waals surface area (Å²) in [5, 5.41) is 24.2. The molecule has 0 spiro atoms. The lowest BCUT2D eigenvalue weighted by molar-refractivity contribution is -0.151. The molecule has 0 saturated carbocycles. The van der Waals surface area contributed by atoms with Crippen molar-refractivity contribution in [1.29, 1.82) is 0 Å². The number of aliphatic hydroxyl groups is 2. The number of rotatable bonds is 9. The lowest BCUT2D eigenvalue weighted by Crippen LogP contribution is -2.39. The molecule has 1 aromatic heterocycles. The Morgan fingerprint density at radius 3 is 2.66 bits per heavy atom. The first kappa shape index (κ1) is 24.0. The Labute approximate surface area is 185 Å². The van der Waals surface area contributed by atoms with Gasteiger partial charge < -0.3 is 25.0 Å². The van der Waals surface area contributed by atoms with Crippen molar-refractivity contribution in [1.82, 2.24) is 14.6 Å². The van der Waals surface area contributed by atoms with E-state index in [4.69, 9.17) is 14.3 Å². The first-order valence-electron chi connectivity index (χ1n) is 10.1. The van der Waals surface area contributed by atoms with Gasteiger partial charge in [0.05, 0.1) is 19.8 Å². The quantitative estimate of drug-likeness (QED) is 0.356. The number of amides is 1. The van der Waals surface area contributed by atoms with Crippen LogP contribution >= 0.6 is 0 Å². The highest BCUT2D eigenvalue weighted by Crippen LogP contribution is 2.31. The van der Waals surface area contributed by atoms with E-state index < -0.39 is 42.7 Å². The van der Waals surface area contributed by atoms with Crippen LogP contribution in [0.3, 0.4) is 0 Å². The molecule has 0 unspecified atom stereocenters. The van der Waals surface area contributed by atoms with Crippen LogP contribution in [0.4, 0.5) is 5.82 Å². The normalized spacial score (nSPS) is 22.9. The minimum Gasteiger partial charge on any atom is -0.394 e. The molecule has 1 aromatic carbocycles. The first-order chi connectivity index (χ1) is 15.3. The molecule has 174 valence electrons. The molecule has 1 saturated heterocycles. The number of carbonyl (C=O) groups excluding carboxylic acids is 1. The van der Waals surface area contributed by atoms with E-state index in [1.165, 1.54) is 15.8 Å². The summed E-state index contributed by atoms with van der Waals surface area (Å²) in [6.45, 7) is 1.59. The average Bonchev–Trinajstić information content (AvgIpc) is 3.09. The first-order valence-corrected chi connectivity index (χ1v) is 10.1. The van der Waals surface area contributed by atoms with Crippen molar-refractivity contribution in [2.24, 2.45) is 0 Å². The molecule has 0 radical (unpaired) electrons. The summed E-state index contributed by atoms with van der Waals surface area (Å²) in [5.41, 5.74) is 0.237. The second-order valence-electron chi connectivity index (χ2n) is 7.50. The number of hydrogen-bond donors (Lipinski definition) is 3. The second kappa shape index (κ2) is 10.8. The van der Waals surface area contributed by atoms with Crippen LogP contribution in [0.5, 0.6) is 0 Å². The van der Waals surface area contributed by atoms with Gasteiger partial charge in [0, 0.05) is 31.4 Å². The molecule has 4 atom stereocenters. The van der Waals surface area contributed by atoms with Crippen molar-refractivity contribution < 1.29 is 29.3 Å². The summed E-state index contributed by atoms with van der Waals surface area (Å²) in [7, 11) is 3.45. The Kier molecular flexibility index (Phi) is 8.07. The van der Waals surface area contributed by atoms with Gasteiger partial charge in [-0.15, -0.1) is 0 Å². The molecule has 3 rings (SSSR count). The van der Waals surface area contributed by atoms with E-state index in [1.807, 2.05) is 0 Å². The zero-order valence-corrected chi connectivity index (χ0v) is 18.2. The summed E-state index contributed by atoms with van der Waals surface area (Å²) in [4.78, 5) is 34.4. The molecule has 1 aliphatic rings. The average molecular weight is 448 g/mol. The number of aromatic nitrogens is 2. The number of ether oxygens (including phenoxy) is 2. The predicted molar refractivity (Wildman–Crippen MR) is 114 cm³/mol. The van der Waals surface area contributed by atoms with Crippen molar-refractivity contribution in [2.45, 2.75) is 31.5 Å². The lowest BCUT2D eigenvalue weighted by atomic mass is 10.1. The van der Waals surface area contributed by atoms with E-state index in [1.54, 1.807) is 51.4 Å². The van der Waals surface area contributed by atoms with E-state index in [-0.39, 0.29) is 19.0 Å². The topological polar surface area (TPSA) is 135 Å². The molecular weight excluding hydrogens is 420 g/mol. The van der Waals surface area contributed by atoms with Gasteiger partial charge >= 0.3 is 5.69 Å². The third-order valence-corrected chi connectivity index (χ3v) is 4.91. The fourth-order valence-corrected chi connectivity index (χ4v) is 3.32. The van der Waals surface area contributed by atoms with E-state index in [2.05, 4.69) is 10.3 Å². The van der Waals surface area contributed by atoms with Gasteiger partial charge in [0.2, 0.25) is 0 Å². The van der Waals surface area contributed by atoms with Gasteiger partial charge in [-0.2, -0.15) is 10.0 Å². The van der Waals surface area contributed by atoms with E-state index in [0.717, 1.165) is 0 Å². The summed E-state index contributed by atoms with van der Waals surface area (Å²) in [5.74, 6) is -0.275. The van der Waals surface area contributed by atoms with Gasteiger partial charge in [-0.05, 0) is 19.1 Å². The van der Waals surface area contributed by atoms with Crippen molar-refractivity contribution in [3.63, 3.8) is 0 Å². The lowest BCUT2D eigenvalue weighted by Gasteiger charge is -2.23. The summed E-state index contributed by atoms with van der Waals surface area (Å²) < 4.78 is 12.6. The maximum absolute atomic E-state index is 12.8. The van der Waals surface area contributed by atoms with Crippen molar-refractivity contribution in [3.05, 3.63) is 58.1 Å². The Morgan fingerprint density at radius 2 is 2.00 bits per heavy atom. The Balaban J connectivity index is 1.79. The van der Waals surface area contributed by atoms with Gasteiger partial charge in [0.25, 0.3) is 5.91 Å². The second-order valence-corrected chi connectivity index (χ2v) is 7.50. The number of aliphatic hydroxyl groups excluding tert-OH is 2. The number of aryl methyl sites for hydroxylation is 1. The van der Waals surface area contributed by atoms with E-state index in [0.29, 0.717) is 11.1 Å². The zero-order valence-electron chi connectivity index (χ0n) is 18.2. The minimum atomic E-state index is -1.16. The van der Waals surface area contributed by atoms with Crippen LogP contribution in [0.15, 0.2) is 41.3 Å². The summed E-state index contributed by atoms with van der Waals surface area (Å²) >= 11 is 0. The largest absolute Gasteiger partial charge is 0.394 e. The molecule has 11 heteroatoms. The van der Waals surface area contributed by atoms with Crippen LogP contribution in [0, 0.1) is 6.92 Å². The SMILES string of the molecule is Cc1cn([C@@H]2O[C@H](CO)[C@@H](O)[C@H]2OCCON(C)C)c(=O)nc1NC(=O)c1ccccc1. The van der Waals surface area contributed by atoms with Crippen LogP contribution in [0.1, 0.15) is 22.1 Å². The number of nitrogens with one attached hydrogen (secondary N) is 1. The van der Waals surface area contributed by atoms with E-state index in [9.17, 15) is 19.8 Å². The monoisotopic (exact) mass is 448 g/mol. The molecule has 1 aliphatic heterocycles. The maximum atomic E-state index is 12.8. The number of hydrogen-bond acceptors (Lipinski definition) is 9. The number of anilines is 1. The fourth-order valence-electron chi connectivity index (χ4n) is 3.32. The molecule has 32 heavy (non-hydrogen) atoms. The molecule has 1 fully saturated rings. The van der Waals surface area contributed by atoms with Crippen molar-refractivity contribution in [2.75, 3.05) is 39.2 Å². The molecule has 2 aromatic rings. The van der Waals surface area contributed by atoms with E-state index >= 15 is 0 Å². The Bertz CT molecular complexity index is 966. The van der Waals surface area contributed by atoms with Gasteiger partial charge in [-0.1, -0.05) is 18.2 Å². The standard InChI is InChI=1S/C21H28N4O7/c1-13-11-25(21(29)23-18(13)22-19(28)14-7-5-4-6-8-14)20-17(16(27)15(12-26)32-20)30-9-10-31-24(2)3/h4-8,11,15-17,20,26-27H,9-10,12H2,1-3H3,(H,22,23,28,29)/t15-,16-,17-,20-/m1/s1. The minimum absolute atomic E-state index is 0.120. The molecule has 11 nitrogen and oxygen atoms in total. The highest BCUT2D eigenvalue weighted by Gasteiger charge is 2.45. The van der Waals surface area contributed by atoms with Gasteiger partial charge in [-0.25, -0.2) is 4.79 Å². The fraction of sp³-hybridized carbons (Fsp3) is 0.476. The highest BCUT2D eigenvalue weighted by atomic mass is 16.7. The van der Waals surface area contributed by atoms with Crippen molar-refractivity contribution in [3.8, 4) is 0 Å². The Morgan fingerprint density at radius 1 is 1.28 bits per heavy atom. The molecular formula is C21H28N4O7. The summed E-state index contributed by atoms with van der Waals surface area (Å²) in [6.07, 6.45) is -2.56. The van der Waals surface area contributed by atoms with Crippen molar-refractivity contribution >= 4 is 11.7 Å². The zero-order chi connectivity index (χ0) is 23.3. The number of nitrogens with zero attached hydrogens (tertiary/aromatic N) is 3. The van der Waals surface area contributed by atoms with Crippen LogP contribution in [0.2, 0.25) is 0 Å². The van der Waals surface area contributed by atoms with Crippen LogP contribution in [0.25, 0.3) is 0 Å². The number of carbonyl (C=O) groups is 1. The van der Waals surface area contributed by atoms with Gasteiger partial charge in [-0.3, -0.25) is 14.2 Å². The molecule has 2 heterocycles. The molecule has 0 aliphatic carbocycles.